The van der Waals surface area contributed by atoms with Crippen molar-refractivity contribution in [1.29, 1.82) is 0 Å². The van der Waals surface area contributed by atoms with Gasteiger partial charge in [0.2, 0.25) is 0 Å². The lowest BCUT2D eigenvalue weighted by Crippen LogP contribution is -2.36. The van der Waals surface area contributed by atoms with Gasteiger partial charge in [-0.25, -0.2) is 8.91 Å². The standard InChI is InChI=1S/C20H22FN5O/c1-12-5-6-15(23-9-12)13-8-16-18(25-17-4-3-7-20(17,2)21)14(19(22)27)10-24-26(16)11-13/h5-6,8-11,17,25H,3-4,7H2,1-2H3,(H2,22,27). The summed E-state index contributed by atoms with van der Waals surface area (Å²) in [5, 5.41) is 7.53. The molecular weight excluding hydrogens is 345 g/mol. The van der Waals surface area contributed by atoms with E-state index in [1.807, 2.05) is 31.3 Å². The number of aromatic nitrogens is 3. The zero-order valence-electron chi connectivity index (χ0n) is 15.4. The smallest absolute Gasteiger partial charge is 0.252 e. The largest absolute Gasteiger partial charge is 0.377 e. The second-order valence-electron chi connectivity index (χ2n) is 7.44. The minimum Gasteiger partial charge on any atom is -0.377 e. The Morgan fingerprint density at radius 3 is 2.85 bits per heavy atom. The number of aryl methyl sites for hydroxylation is 1. The molecular formula is C20H22FN5O. The molecule has 0 spiro atoms. The molecule has 0 bridgehead atoms. The Kier molecular flexibility index (Phi) is 4.09. The number of alkyl halides is 1. The lowest BCUT2D eigenvalue weighted by Gasteiger charge is -2.26. The minimum atomic E-state index is -1.33. The Bertz CT molecular complexity index is 1010. The highest BCUT2D eigenvalue weighted by molar-refractivity contribution is 6.02. The van der Waals surface area contributed by atoms with Gasteiger partial charge in [0.15, 0.2) is 0 Å². The summed E-state index contributed by atoms with van der Waals surface area (Å²) in [4.78, 5) is 16.4. The average Bonchev–Trinajstić information content (AvgIpc) is 3.19. The van der Waals surface area contributed by atoms with Crippen molar-refractivity contribution in [2.45, 2.75) is 44.8 Å². The van der Waals surface area contributed by atoms with Crippen LogP contribution in [0.25, 0.3) is 16.8 Å². The molecule has 27 heavy (non-hydrogen) atoms. The van der Waals surface area contributed by atoms with Crippen molar-refractivity contribution >= 4 is 17.1 Å². The van der Waals surface area contributed by atoms with Gasteiger partial charge in [-0.1, -0.05) is 6.07 Å². The molecule has 7 heteroatoms. The Morgan fingerprint density at radius 2 is 2.22 bits per heavy atom. The molecule has 1 aliphatic carbocycles. The van der Waals surface area contributed by atoms with E-state index < -0.39 is 11.6 Å². The summed E-state index contributed by atoms with van der Waals surface area (Å²) < 4.78 is 16.5. The molecule has 140 valence electrons. The van der Waals surface area contributed by atoms with Gasteiger partial charge in [0.1, 0.15) is 5.67 Å². The first-order valence-electron chi connectivity index (χ1n) is 9.05. The molecule has 2 unspecified atom stereocenters. The number of halogens is 1. The van der Waals surface area contributed by atoms with Gasteiger partial charge in [0.05, 0.1) is 34.7 Å². The first-order valence-corrected chi connectivity index (χ1v) is 9.05. The summed E-state index contributed by atoms with van der Waals surface area (Å²) in [7, 11) is 0. The Morgan fingerprint density at radius 1 is 1.41 bits per heavy atom. The van der Waals surface area contributed by atoms with Crippen LogP contribution in [-0.2, 0) is 0 Å². The predicted octanol–water partition coefficient (Wildman–Crippen LogP) is 3.50. The third-order valence-corrected chi connectivity index (χ3v) is 5.31. The monoisotopic (exact) mass is 367 g/mol. The van der Waals surface area contributed by atoms with Crippen molar-refractivity contribution in [3.63, 3.8) is 0 Å². The fraction of sp³-hybridized carbons (Fsp3) is 0.350. The molecule has 2 atom stereocenters. The molecule has 3 aromatic heterocycles. The Balaban J connectivity index is 1.82. The number of nitrogens with two attached hydrogens (primary N) is 1. The second kappa shape index (κ2) is 6.33. The maximum Gasteiger partial charge on any atom is 0.252 e. The normalized spacial score (nSPS) is 22.3. The highest BCUT2D eigenvalue weighted by Gasteiger charge is 2.39. The predicted molar refractivity (Wildman–Crippen MR) is 102 cm³/mol. The summed E-state index contributed by atoms with van der Waals surface area (Å²) in [6.07, 6.45) is 7.06. The third-order valence-electron chi connectivity index (χ3n) is 5.31. The molecule has 0 saturated heterocycles. The van der Waals surface area contributed by atoms with E-state index in [9.17, 15) is 9.18 Å². The molecule has 3 aromatic rings. The van der Waals surface area contributed by atoms with Crippen molar-refractivity contribution in [1.82, 2.24) is 14.6 Å². The summed E-state index contributed by atoms with van der Waals surface area (Å²) in [6, 6.07) is 5.43. The Hall–Kier alpha value is -2.96. The van der Waals surface area contributed by atoms with Crippen molar-refractivity contribution in [3.05, 3.63) is 47.9 Å². The number of nitrogens with zero attached hydrogens (tertiary/aromatic N) is 3. The zero-order chi connectivity index (χ0) is 19.2. The van der Waals surface area contributed by atoms with Crippen LogP contribution in [0.4, 0.5) is 10.1 Å². The third kappa shape index (κ3) is 3.13. The number of nitrogens with one attached hydrogen (secondary N) is 1. The van der Waals surface area contributed by atoms with Gasteiger partial charge < -0.3 is 11.1 Å². The fourth-order valence-electron chi connectivity index (χ4n) is 3.70. The number of carbonyl (C=O) groups is 1. The van der Waals surface area contributed by atoms with Crippen LogP contribution in [-0.4, -0.2) is 32.2 Å². The number of amides is 1. The van der Waals surface area contributed by atoms with Gasteiger partial charge in [-0.3, -0.25) is 9.78 Å². The van der Waals surface area contributed by atoms with Crippen LogP contribution < -0.4 is 11.1 Å². The van der Waals surface area contributed by atoms with E-state index >= 15 is 0 Å². The van der Waals surface area contributed by atoms with Crippen LogP contribution in [0, 0.1) is 6.92 Å². The number of pyridine rings is 1. The summed E-state index contributed by atoms with van der Waals surface area (Å²) >= 11 is 0. The van der Waals surface area contributed by atoms with Gasteiger partial charge in [-0.15, -0.1) is 0 Å². The maximum absolute atomic E-state index is 14.8. The Labute approximate surface area is 156 Å². The highest BCUT2D eigenvalue weighted by Crippen LogP contribution is 2.37. The van der Waals surface area contributed by atoms with Crippen molar-refractivity contribution in [2.24, 2.45) is 5.73 Å². The molecule has 1 amide bonds. The van der Waals surface area contributed by atoms with E-state index in [0.29, 0.717) is 24.0 Å². The first-order chi connectivity index (χ1) is 12.8. The van der Waals surface area contributed by atoms with Gasteiger partial charge in [0.25, 0.3) is 5.91 Å². The van der Waals surface area contributed by atoms with E-state index in [2.05, 4.69) is 15.4 Å². The van der Waals surface area contributed by atoms with E-state index in [0.717, 1.165) is 23.2 Å². The maximum atomic E-state index is 14.8. The zero-order valence-corrected chi connectivity index (χ0v) is 15.4. The average molecular weight is 367 g/mol. The van der Waals surface area contributed by atoms with Crippen molar-refractivity contribution in [2.75, 3.05) is 5.32 Å². The quantitative estimate of drug-likeness (QED) is 0.739. The van der Waals surface area contributed by atoms with Gasteiger partial charge in [0, 0.05) is 18.0 Å². The molecule has 1 fully saturated rings. The van der Waals surface area contributed by atoms with Gasteiger partial charge in [-0.05, 0) is 50.8 Å². The highest BCUT2D eigenvalue weighted by atomic mass is 19.1. The summed E-state index contributed by atoms with van der Waals surface area (Å²) in [5.41, 5.74) is 8.40. The topological polar surface area (TPSA) is 85.3 Å². The molecule has 3 heterocycles. The number of rotatable bonds is 4. The minimum absolute atomic E-state index is 0.256. The summed E-state index contributed by atoms with van der Waals surface area (Å²) in [5.74, 6) is -0.595. The number of hydrogen-bond donors (Lipinski definition) is 2. The lowest BCUT2D eigenvalue weighted by molar-refractivity contribution is 0.1000. The van der Waals surface area contributed by atoms with Crippen LogP contribution in [0.2, 0.25) is 0 Å². The number of anilines is 1. The SMILES string of the molecule is Cc1ccc(-c2cc3c(NC4CCCC4(C)F)c(C(N)=O)cnn3c2)nc1. The first kappa shape index (κ1) is 17.5. The van der Waals surface area contributed by atoms with E-state index in [1.165, 1.54) is 6.20 Å². The molecule has 4 rings (SSSR count). The van der Waals surface area contributed by atoms with Crippen LogP contribution in [0.3, 0.4) is 0 Å². The van der Waals surface area contributed by atoms with E-state index in [-0.39, 0.29) is 11.6 Å². The van der Waals surface area contributed by atoms with E-state index in [4.69, 9.17) is 5.73 Å². The van der Waals surface area contributed by atoms with Gasteiger partial charge in [-0.2, -0.15) is 5.10 Å². The second-order valence-corrected chi connectivity index (χ2v) is 7.44. The molecule has 0 aliphatic heterocycles. The van der Waals surface area contributed by atoms with Crippen LogP contribution in [0.5, 0.6) is 0 Å². The number of primary amides is 1. The van der Waals surface area contributed by atoms with E-state index in [1.54, 1.807) is 17.6 Å². The number of carbonyl (C=O) groups excluding carboxylic acids is 1. The van der Waals surface area contributed by atoms with Crippen molar-refractivity contribution < 1.29 is 9.18 Å². The number of hydrogen-bond acceptors (Lipinski definition) is 4. The molecule has 0 aromatic carbocycles. The molecule has 3 N–H and O–H groups in total. The van der Waals surface area contributed by atoms with Crippen molar-refractivity contribution in [3.8, 4) is 11.3 Å². The van der Waals surface area contributed by atoms with Crippen LogP contribution in [0.1, 0.15) is 42.1 Å². The molecule has 0 radical (unpaired) electrons. The van der Waals surface area contributed by atoms with Crippen LogP contribution >= 0.6 is 0 Å². The lowest BCUT2D eigenvalue weighted by atomic mass is 10.0. The summed E-state index contributed by atoms with van der Waals surface area (Å²) in [6.45, 7) is 3.57. The fourth-order valence-corrected chi connectivity index (χ4v) is 3.70. The molecule has 1 aliphatic rings. The van der Waals surface area contributed by atoms with Gasteiger partial charge >= 0.3 is 0 Å². The molecule has 6 nitrogen and oxygen atoms in total. The van der Waals surface area contributed by atoms with Crippen LogP contribution in [0.15, 0.2) is 36.8 Å². The number of fused-ring (bicyclic) bond motifs is 1. The molecule has 1 saturated carbocycles.